The fourth-order valence-corrected chi connectivity index (χ4v) is 1.60. The van der Waals surface area contributed by atoms with Crippen LogP contribution in [0.2, 0.25) is 0 Å². The van der Waals surface area contributed by atoms with Crippen molar-refractivity contribution in [2.45, 2.75) is 26.4 Å². The Labute approximate surface area is 77.4 Å². The number of aromatic nitrogens is 1. The maximum atomic E-state index is 11.4. The van der Waals surface area contributed by atoms with Crippen LogP contribution < -0.4 is 0 Å². The van der Waals surface area contributed by atoms with Crippen molar-refractivity contribution in [1.82, 2.24) is 9.88 Å². The van der Waals surface area contributed by atoms with Crippen LogP contribution in [0.4, 0.5) is 0 Å². The van der Waals surface area contributed by atoms with Gasteiger partial charge in [-0.25, -0.2) is 0 Å². The van der Waals surface area contributed by atoms with Crippen molar-refractivity contribution in [3.8, 4) is 0 Å². The van der Waals surface area contributed by atoms with E-state index >= 15 is 0 Å². The van der Waals surface area contributed by atoms with Gasteiger partial charge in [0.1, 0.15) is 0 Å². The second kappa shape index (κ2) is 3.17. The van der Waals surface area contributed by atoms with Crippen LogP contribution >= 0.6 is 0 Å². The van der Waals surface area contributed by atoms with E-state index in [2.05, 4.69) is 4.98 Å². The minimum atomic E-state index is 0.206. The zero-order chi connectivity index (χ0) is 9.26. The maximum Gasteiger partial charge on any atom is 0.222 e. The smallest absolute Gasteiger partial charge is 0.222 e. The molecule has 0 saturated carbocycles. The molecule has 13 heavy (non-hydrogen) atoms. The van der Waals surface area contributed by atoms with E-state index in [1.54, 1.807) is 6.20 Å². The number of nitrogens with zero attached hydrogens (tertiary/aromatic N) is 2. The molecule has 0 radical (unpaired) electrons. The van der Waals surface area contributed by atoms with Gasteiger partial charge in [-0.05, 0) is 11.6 Å². The number of pyridine rings is 1. The molecular weight excluding hydrogens is 164 g/mol. The fourth-order valence-electron chi connectivity index (χ4n) is 1.60. The highest BCUT2D eigenvalue weighted by Gasteiger charge is 2.22. The van der Waals surface area contributed by atoms with Crippen LogP contribution in [-0.2, 0) is 17.9 Å². The third-order valence-corrected chi connectivity index (χ3v) is 2.34. The summed E-state index contributed by atoms with van der Waals surface area (Å²) in [5, 5.41) is 0. The van der Waals surface area contributed by atoms with Crippen LogP contribution in [0.15, 0.2) is 18.3 Å². The Morgan fingerprint density at radius 2 is 2.46 bits per heavy atom. The van der Waals surface area contributed by atoms with Crippen LogP contribution in [0, 0.1) is 0 Å². The van der Waals surface area contributed by atoms with Gasteiger partial charge in [0.25, 0.3) is 0 Å². The number of hydrogen-bond acceptors (Lipinski definition) is 2. The number of carbonyl (C=O) groups is 1. The Balaban J connectivity index is 2.18. The van der Waals surface area contributed by atoms with E-state index in [1.807, 2.05) is 24.0 Å². The summed E-state index contributed by atoms with van der Waals surface area (Å²) in [6, 6.07) is 3.95. The van der Waals surface area contributed by atoms with Crippen LogP contribution in [0.1, 0.15) is 24.6 Å². The van der Waals surface area contributed by atoms with E-state index in [0.29, 0.717) is 13.0 Å². The molecule has 68 valence electrons. The lowest BCUT2D eigenvalue weighted by atomic mass is 10.2. The number of rotatable bonds is 1. The van der Waals surface area contributed by atoms with Gasteiger partial charge in [0.05, 0.1) is 12.2 Å². The number of fused-ring (bicyclic) bond motifs is 1. The van der Waals surface area contributed by atoms with Crippen molar-refractivity contribution in [3.63, 3.8) is 0 Å². The Hall–Kier alpha value is -1.38. The molecule has 3 nitrogen and oxygen atoms in total. The van der Waals surface area contributed by atoms with Crippen LogP contribution in [-0.4, -0.2) is 15.8 Å². The Morgan fingerprint density at radius 1 is 1.62 bits per heavy atom. The average Bonchev–Trinajstić information content (AvgIpc) is 2.59. The number of amides is 1. The van der Waals surface area contributed by atoms with Crippen LogP contribution in [0.5, 0.6) is 0 Å². The van der Waals surface area contributed by atoms with Gasteiger partial charge >= 0.3 is 0 Å². The zero-order valence-electron chi connectivity index (χ0n) is 7.66. The SMILES string of the molecule is CCC(=O)N1Cc2cccnc2C1. The van der Waals surface area contributed by atoms with Gasteiger partial charge in [-0.1, -0.05) is 13.0 Å². The van der Waals surface area contributed by atoms with E-state index < -0.39 is 0 Å². The molecular formula is C10H12N2O. The predicted octanol–water partition coefficient (Wildman–Crippen LogP) is 1.33. The van der Waals surface area contributed by atoms with Crippen molar-refractivity contribution in [2.24, 2.45) is 0 Å². The normalized spacial score (nSPS) is 14.4. The Kier molecular flexibility index (Phi) is 2.00. The van der Waals surface area contributed by atoms with Gasteiger partial charge in [-0.2, -0.15) is 0 Å². The van der Waals surface area contributed by atoms with Gasteiger partial charge in [-0.15, -0.1) is 0 Å². The first-order valence-corrected chi connectivity index (χ1v) is 4.52. The van der Waals surface area contributed by atoms with Crippen LogP contribution in [0.3, 0.4) is 0 Å². The van der Waals surface area contributed by atoms with Crippen molar-refractivity contribution in [2.75, 3.05) is 0 Å². The van der Waals surface area contributed by atoms with Crippen molar-refractivity contribution in [1.29, 1.82) is 0 Å². The maximum absolute atomic E-state index is 11.4. The molecule has 1 aliphatic rings. The van der Waals surface area contributed by atoms with E-state index in [9.17, 15) is 4.79 Å². The highest BCUT2D eigenvalue weighted by Crippen LogP contribution is 2.20. The summed E-state index contributed by atoms with van der Waals surface area (Å²) in [5.74, 6) is 0.206. The molecule has 3 heteroatoms. The first-order chi connectivity index (χ1) is 6.31. The van der Waals surface area contributed by atoms with Crippen LogP contribution in [0.25, 0.3) is 0 Å². The quantitative estimate of drug-likeness (QED) is 0.646. The summed E-state index contributed by atoms with van der Waals surface area (Å²) in [5.41, 5.74) is 2.23. The first-order valence-electron chi connectivity index (χ1n) is 4.52. The van der Waals surface area contributed by atoms with Crippen molar-refractivity contribution >= 4 is 5.91 Å². The first kappa shape index (κ1) is 8.23. The summed E-state index contributed by atoms with van der Waals surface area (Å²) in [7, 11) is 0. The summed E-state index contributed by atoms with van der Waals surface area (Å²) in [4.78, 5) is 17.5. The third-order valence-electron chi connectivity index (χ3n) is 2.34. The monoisotopic (exact) mass is 176 g/mol. The van der Waals surface area contributed by atoms with E-state index in [4.69, 9.17) is 0 Å². The average molecular weight is 176 g/mol. The lowest BCUT2D eigenvalue weighted by Gasteiger charge is -2.12. The lowest BCUT2D eigenvalue weighted by molar-refractivity contribution is -0.131. The molecule has 1 aliphatic heterocycles. The van der Waals surface area contributed by atoms with Crippen molar-refractivity contribution < 1.29 is 4.79 Å². The molecule has 0 aromatic carbocycles. The fraction of sp³-hybridized carbons (Fsp3) is 0.400. The van der Waals surface area contributed by atoms with Gasteiger partial charge in [0, 0.05) is 19.2 Å². The molecule has 2 rings (SSSR count). The summed E-state index contributed by atoms with van der Waals surface area (Å²) >= 11 is 0. The second-order valence-electron chi connectivity index (χ2n) is 3.21. The zero-order valence-corrected chi connectivity index (χ0v) is 7.66. The highest BCUT2D eigenvalue weighted by molar-refractivity contribution is 5.76. The molecule has 0 fully saturated rings. The number of hydrogen-bond donors (Lipinski definition) is 0. The van der Waals surface area contributed by atoms with E-state index in [-0.39, 0.29) is 5.91 Å². The summed E-state index contributed by atoms with van der Waals surface area (Å²) in [6.45, 7) is 3.30. The minimum Gasteiger partial charge on any atom is -0.332 e. The lowest BCUT2D eigenvalue weighted by Crippen LogP contribution is -2.24. The summed E-state index contributed by atoms with van der Waals surface area (Å²) in [6.07, 6.45) is 2.35. The van der Waals surface area contributed by atoms with E-state index in [1.165, 1.54) is 5.56 Å². The van der Waals surface area contributed by atoms with E-state index in [0.717, 1.165) is 12.2 Å². The molecule has 1 aromatic rings. The standard InChI is InChI=1S/C10H12N2O/c1-2-10(13)12-6-8-4-3-5-11-9(8)7-12/h3-5H,2,6-7H2,1H3. The largest absolute Gasteiger partial charge is 0.332 e. The highest BCUT2D eigenvalue weighted by atomic mass is 16.2. The van der Waals surface area contributed by atoms with Gasteiger partial charge in [-0.3, -0.25) is 9.78 Å². The second-order valence-corrected chi connectivity index (χ2v) is 3.21. The van der Waals surface area contributed by atoms with Crippen molar-refractivity contribution in [3.05, 3.63) is 29.6 Å². The van der Waals surface area contributed by atoms with Gasteiger partial charge in [0.2, 0.25) is 5.91 Å². The molecule has 0 atom stereocenters. The molecule has 0 spiro atoms. The number of carbonyl (C=O) groups excluding carboxylic acids is 1. The predicted molar refractivity (Wildman–Crippen MR) is 48.8 cm³/mol. The molecule has 0 bridgehead atoms. The van der Waals surface area contributed by atoms with Gasteiger partial charge in [0.15, 0.2) is 0 Å². The Morgan fingerprint density at radius 3 is 3.15 bits per heavy atom. The minimum absolute atomic E-state index is 0.206. The molecule has 0 unspecified atom stereocenters. The third kappa shape index (κ3) is 1.41. The molecule has 0 saturated heterocycles. The Bertz CT molecular complexity index is 310. The summed E-state index contributed by atoms with van der Waals surface area (Å²) < 4.78 is 0. The molecule has 0 aliphatic carbocycles. The molecule has 2 heterocycles. The molecule has 1 aromatic heterocycles. The topological polar surface area (TPSA) is 33.2 Å². The molecule has 0 N–H and O–H groups in total. The molecule has 1 amide bonds. The van der Waals surface area contributed by atoms with Gasteiger partial charge < -0.3 is 4.90 Å².